The fourth-order valence-electron chi connectivity index (χ4n) is 2.73. The standard InChI is InChI=1S/C22H18N4O6/c1-2-32-22(29)16-10-15(11-19(12-16)26(30)31)21(28)24-17-7-5-14(6-8-17)20(27)25-18-4-3-9-23-13-18/h3-13H,2H2,1H3,(H,24,28)(H,25,27). The number of hydrogen-bond donors (Lipinski definition) is 2. The van der Waals surface area contributed by atoms with Gasteiger partial charge < -0.3 is 15.4 Å². The summed E-state index contributed by atoms with van der Waals surface area (Å²) >= 11 is 0. The van der Waals surface area contributed by atoms with E-state index in [1.165, 1.54) is 36.5 Å². The molecule has 3 aromatic rings. The number of nitrogens with zero attached hydrogens (tertiary/aromatic N) is 2. The number of esters is 1. The number of nitro benzene ring substituents is 1. The molecule has 3 rings (SSSR count). The van der Waals surface area contributed by atoms with Crippen LogP contribution >= 0.6 is 0 Å². The number of anilines is 2. The second-order valence-electron chi connectivity index (χ2n) is 6.47. The normalized spacial score (nSPS) is 10.2. The molecule has 0 bridgehead atoms. The van der Waals surface area contributed by atoms with Crippen LogP contribution in [-0.2, 0) is 4.74 Å². The third kappa shape index (κ3) is 5.51. The number of amides is 2. The first-order chi connectivity index (χ1) is 15.4. The van der Waals surface area contributed by atoms with Gasteiger partial charge in [0.1, 0.15) is 0 Å². The Hall–Kier alpha value is -4.60. The van der Waals surface area contributed by atoms with E-state index in [0.29, 0.717) is 16.9 Å². The summed E-state index contributed by atoms with van der Waals surface area (Å²) in [7, 11) is 0. The van der Waals surface area contributed by atoms with Crippen molar-refractivity contribution in [2.45, 2.75) is 6.92 Å². The molecule has 0 atom stereocenters. The van der Waals surface area contributed by atoms with Crippen LogP contribution < -0.4 is 10.6 Å². The van der Waals surface area contributed by atoms with E-state index in [4.69, 9.17) is 4.74 Å². The zero-order valence-electron chi connectivity index (χ0n) is 16.9. The van der Waals surface area contributed by atoms with Crippen LogP contribution in [0.5, 0.6) is 0 Å². The summed E-state index contributed by atoms with van der Waals surface area (Å²) in [6.45, 7) is 1.69. The third-order valence-corrected chi connectivity index (χ3v) is 4.23. The molecule has 10 heteroatoms. The van der Waals surface area contributed by atoms with Crippen molar-refractivity contribution in [2.24, 2.45) is 0 Å². The Morgan fingerprint density at radius 2 is 1.59 bits per heavy atom. The maximum atomic E-state index is 12.6. The van der Waals surface area contributed by atoms with Gasteiger partial charge in [-0.1, -0.05) is 0 Å². The Balaban J connectivity index is 1.74. The van der Waals surface area contributed by atoms with Crippen molar-refractivity contribution in [3.8, 4) is 0 Å². The molecule has 32 heavy (non-hydrogen) atoms. The van der Waals surface area contributed by atoms with Crippen molar-refractivity contribution in [3.05, 3.63) is 93.8 Å². The smallest absolute Gasteiger partial charge is 0.338 e. The number of nitro groups is 1. The van der Waals surface area contributed by atoms with E-state index in [0.717, 1.165) is 12.1 Å². The molecule has 0 saturated heterocycles. The molecule has 0 aliphatic heterocycles. The summed E-state index contributed by atoms with van der Waals surface area (Å²) in [5, 5.41) is 16.5. The Morgan fingerprint density at radius 1 is 0.938 bits per heavy atom. The van der Waals surface area contributed by atoms with Crippen LogP contribution in [0.25, 0.3) is 0 Å². The molecule has 162 valence electrons. The van der Waals surface area contributed by atoms with Crippen LogP contribution in [-0.4, -0.2) is 34.3 Å². The zero-order chi connectivity index (χ0) is 23.1. The highest BCUT2D eigenvalue weighted by Crippen LogP contribution is 2.20. The lowest BCUT2D eigenvalue weighted by atomic mass is 10.1. The minimum atomic E-state index is -0.769. The van der Waals surface area contributed by atoms with E-state index in [1.807, 2.05) is 0 Å². The number of nitrogens with one attached hydrogen (secondary N) is 2. The Kier molecular flexibility index (Phi) is 6.86. The van der Waals surface area contributed by atoms with Crippen LogP contribution in [0.15, 0.2) is 67.0 Å². The molecule has 0 saturated carbocycles. The zero-order valence-corrected chi connectivity index (χ0v) is 16.9. The summed E-state index contributed by atoms with van der Waals surface area (Å²) in [4.78, 5) is 51.3. The van der Waals surface area contributed by atoms with Gasteiger partial charge in [-0.15, -0.1) is 0 Å². The first-order valence-electron chi connectivity index (χ1n) is 9.46. The van der Waals surface area contributed by atoms with Gasteiger partial charge >= 0.3 is 5.97 Å². The number of carbonyl (C=O) groups excluding carboxylic acids is 3. The maximum Gasteiger partial charge on any atom is 0.338 e. The van der Waals surface area contributed by atoms with Gasteiger partial charge in [0.05, 0.1) is 29.0 Å². The third-order valence-electron chi connectivity index (χ3n) is 4.23. The predicted molar refractivity (Wildman–Crippen MR) is 116 cm³/mol. The van der Waals surface area contributed by atoms with E-state index in [2.05, 4.69) is 15.6 Å². The van der Waals surface area contributed by atoms with Crippen LogP contribution in [0.1, 0.15) is 38.0 Å². The number of ether oxygens (including phenoxy) is 1. The average Bonchev–Trinajstić information content (AvgIpc) is 2.80. The largest absolute Gasteiger partial charge is 0.462 e. The molecule has 2 amide bonds. The van der Waals surface area contributed by atoms with Crippen molar-refractivity contribution in [3.63, 3.8) is 0 Å². The molecule has 10 nitrogen and oxygen atoms in total. The summed E-state index contributed by atoms with van der Waals surface area (Å²) < 4.78 is 4.86. The molecule has 0 unspecified atom stereocenters. The van der Waals surface area contributed by atoms with Crippen LogP contribution in [0.3, 0.4) is 0 Å². The van der Waals surface area contributed by atoms with Crippen molar-refractivity contribution in [1.29, 1.82) is 0 Å². The Bertz CT molecular complexity index is 1160. The van der Waals surface area contributed by atoms with Crippen molar-refractivity contribution < 1.29 is 24.0 Å². The summed E-state index contributed by atoms with van der Waals surface area (Å²) in [5.41, 5.74) is 0.652. The Morgan fingerprint density at radius 3 is 2.22 bits per heavy atom. The van der Waals surface area contributed by atoms with Crippen molar-refractivity contribution in [2.75, 3.05) is 17.2 Å². The van der Waals surface area contributed by atoms with Gasteiger partial charge in [0.25, 0.3) is 17.5 Å². The second kappa shape index (κ2) is 9.94. The van der Waals surface area contributed by atoms with Crippen molar-refractivity contribution in [1.82, 2.24) is 4.98 Å². The molecule has 0 aliphatic rings. The van der Waals surface area contributed by atoms with Gasteiger partial charge in [0, 0.05) is 35.1 Å². The number of hydrogen-bond acceptors (Lipinski definition) is 7. The van der Waals surface area contributed by atoms with Gasteiger partial charge in [0.2, 0.25) is 0 Å². The quantitative estimate of drug-likeness (QED) is 0.328. The van der Waals surface area contributed by atoms with Gasteiger partial charge in [0.15, 0.2) is 0 Å². The van der Waals surface area contributed by atoms with E-state index >= 15 is 0 Å². The highest BCUT2D eigenvalue weighted by molar-refractivity contribution is 6.07. The van der Waals surface area contributed by atoms with Crippen LogP contribution in [0, 0.1) is 10.1 Å². The number of non-ortho nitro benzene ring substituents is 1. The van der Waals surface area contributed by atoms with Gasteiger partial charge in [-0.3, -0.25) is 24.7 Å². The van der Waals surface area contributed by atoms with E-state index < -0.39 is 22.5 Å². The SMILES string of the molecule is CCOC(=O)c1cc(C(=O)Nc2ccc(C(=O)Nc3cccnc3)cc2)cc([N+](=O)[O-])c1. The first-order valence-corrected chi connectivity index (χ1v) is 9.46. The molecule has 0 fully saturated rings. The summed E-state index contributed by atoms with van der Waals surface area (Å²) in [5.74, 6) is -1.78. The number of rotatable bonds is 7. The first kappa shape index (κ1) is 22.1. The predicted octanol–water partition coefficient (Wildman–Crippen LogP) is 3.67. The molecule has 2 aromatic carbocycles. The fraction of sp³-hybridized carbons (Fsp3) is 0.0909. The average molecular weight is 434 g/mol. The summed E-state index contributed by atoms with van der Waals surface area (Å²) in [6.07, 6.45) is 3.10. The monoisotopic (exact) mass is 434 g/mol. The summed E-state index contributed by atoms with van der Waals surface area (Å²) in [6, 6.07) is 12.8. The van der Waals surface area contributed by atoms with E-state index in [9.17, 15) is 24.5 Å². The molecule has 0 aliphatic carbocycles. The van der Waals surface area contributed by atoms with Crippen LogP contribution in [0.4, 0.5) is 17.1 Å². The minimum Gasteiger partial charge on any atom is -0.462 e. The second-order valence-corrected chi connectivity index (χ2v) is 6.47. The molecule has 0 radical (unpaired) electrons. The molecular weight excluding hydrogens is 416 g/mol. The number of carbonyl (C=O) groups is 3. The van der Waals surface area contributed by atoms with E-state index in [1.54, 1.807) is 25.3 Å². The lowest BCUT2D eigenvalue weighted by Crippen LogP contribution is -2.15. The number of pyridine rings is 1. The minimum absolute atomic E-state index is 0.0827. The van der Waals surface area contributed by atoms with Gasteiger partial charge in [-0.25, -0.2) is 4.79 Å². The molecule has 0 spiro atoms. The lowest BCUT2D eigenvalue weighted by molar-refractivity contribution is -0.384. The highest BCUT2D eigenvalue weighted by Gasteiger charge is 2.19. The molecular formula is C22H18N4O6. The lowest BCUT2D eigenvalue weighted by Gasteiger charge is -2.09. The van der Waals surface area contributed by atoms with Gasteiger partial charge in [-0.2, -0.15) is 0 Å². The van der Waals surface area contributed by atoms with E-state index in [-0.39, 0.29) is 23.6 Å². The molecule has 1 heterocycles. The number of aromatic nitrogens is 1. The fourth-order valence-corrected chi connectivity index (χ4v) is 2.73. The van der Waals surface area contributed by atoms with Gasteiger partial charge in [-0.05, 0) is 49.4 Å². The topological polar surface area (TPSA) is 141 Å². The maximum absolute atomic E-state index is 12.6. The molecule has 2 N–H and O–H groups in total. The Labute approximate surface area is 182 Å². The van der Waals surface area contributed by atoms with Crippen molar-refractivity contribution >= 4 is 34.8 Å². The highest BCUT2D eigenvalue weighted by atomic mass is 16.6. The molecule has 1 aromatic heterocycles. The number of benzene rings is 2. The van der Waals surface area contributed by atoms with Crippen LogP contribution in [0.2, 0.25) is 0 Å².